The number of rotatable bonds is 8. The van der Waals surface area contributed by atoms with Gasteiger partial charge in [-0.25, -0.2) is 13.6 Å². The van der Waals surface area contributed by atoms with Crippen LogP contribution in [0.3, 0.4) is 0 Å². The van der Waals surface area contributed by atoms with Crippen LogP contribution >= 0.6 is 0 Å². The van der Waals surface area contributed by atoms with Crippen LogP contribution in [0.2, 0.25) is 0 Å². The summed E-state index contributed by atoms with van der Waals surface area (Å²) in [4.78, 5) is 0.174. The lowest BCUT2D eigenvalue weighted by molar-refractivity contribution is 0.452. The molecule has 0 heterocycles. The molecule has 3 N–H and O–H groups in total. The highest BCUT2D eigenvalue weighted by Crippen LogP contribution is 2.11. The summed E-state index contributed by atoms with van der Waals surface area (Å²) >= 11 is 0. The fourth-order valence-electron chi connectivity index (χ4n) is 2.00. The van der Waals surface area contributed by atoms with Crippen molar-refractivity contribution in [3.63, 3.8) is 0 Å². The second-order valence-electron chi connectivity index (χ2n) is 4.82. The lowest BCUT2D eigenvalue weighted by Crippen LogP contribution is -2.27. The Bertz CT molecular complexity index is 486. The predicted molar refractivity (Wildman–Crippen MR) is 78.3 cm³/mol. The van der Waals surface area contributed by atoms with E-state index in [1.807, 2.05) is 6.07 Å². The molecule has 1 atom stereocenters. The normalized spacial score (nSPS) is 13.4. The second-order valence-corrected chi connectivity index (χ2v) is 6.38. The van der Waals surface area contributed by atoms with Crippen LogP contribution in [-0.4, -0.2) is 14.5 Å². The van der Waals surface area contributed by atoms with Crippen LogP contribution in [0.1, 0.15) is 45.1 Å². The summed E-state index contributed by atoms with van der Waals surface area (Å²) in [5, 5.41) is 8.59. The van der Waals surface area contributed by atoms with Gasteiger partial charge in [-0.2, -0.15) is 0 Å². The zero-order valence-electron chi connectivity index (χ0n) is 11.7. The van der Waals surface area contributed by atoms with E-state index in [1.165, 1.54) is 18.9 Å². The van der Waals surface area contributed by atoms with Crippen LogP contribution in [0.4, 0.5) is 0 Å². The quantitative estimate of drug-likeness (QED) is 0.770. The number of unbranched alkanes of at least 4 members (excludes halogenated alkanes) is 1. The Balaban J connectivity index is 2.62. The van der Waals surface area contributed by atoms with Crippen molar-refractivity contribution in [2.75, 3.05) is 0 Å². The first-order valence-electron chi connectivity index (χ1n) is 6.82. The molecule has 4 nitrogen and oxygen atoms in total. The Kier molecular flexibility index (Phi) is 6.48. The van der Waals surface area contributed by atoms with E-state index in [1.54, 1.807) is 12.1 Å². The molecule has 1 unspecified atom stereocenters. The molecule has 1 rings (SSSR count). The molecule has 0 fully saturated rings. The smallest absolute Gasteiger partial charge is 0.238 e. The summed E-state index contributed by atoms with van der Waals surface area (Å²) in [6, 6.07) is 7.28. The van der Waals surface area contributed by atoms with E-state index in [-0.39, 0.29) is 4.90 Å². The number of hydrogen-bond acceptors (Lipinski definition) is 3. The first kappa shape index (κ1) is 16.1. The minimum atomic E-state index is -3.61. The number of hydrogen-bond donors (Lipinski definition) is 2. The second kappa shape index (κ2) is 7.62. The Hall–Kier alpha value is -0.910. The molecule has 0 aliphatic rings. The molecular formula is C14H24N2O2S. The molecule has 5 heteroatoms. The minimum absolute atomic E-state index is 0.174. The molecule has 0 saturated carbocycles. The van der Waals surface area contributed by atoms with Gasteiger partial charge < -0.3 is 5.32 Å². The molecule has 0 radical (unpaired) electrons. The highest BCUT2D eigenvalue weighted by atomic mass is 32.2. The fraction of sp³-hybridized carbons (Fsp3) is 0.571. The third-order valence-electron chi connectivity index (χ3n) is 3.22. The van der Waals surface area contributed by atoms with Gasteiger partial charge >= 0.3 is 0 Å². The van der Waals surface area contributed by atoms with E-state index in [4.69, 9.17) is 5.14 Å². The Labute approximate surface area is 116 Å². The summed E-state index contributed by atoms with van der Waals surface area (Å²) < 4.78 is 22.6. The van der Waals surface area contributed by atoms with Crippen LogP contribution in [0.25, 0.3) is 0 Å². The molecule has 0 aliphatic carbocycles. The van der Waals surface area contributed by atoms with Gasteiger partial charge in [0.1, 0.15) is 0 Å². The van der Waals surface area contributed by atoms with Gasteiger partial charge in [-0.3, -0.25) is 0 Å². The highest BCUT2D eigenvalue weighted by molar-refractivity contribution is 7.89. The van der Waals surface area contributed by atoms with Crippen molar-refractivity contribution < 1.29 is 8.42 Å². The average Bonchev–Trinajstić information content (AvgIpc) is 2.38. The van der Waals surface area contributed by atoms with Gasteiger partial charge in [0.2, 0.25) is 10.0 Å². The minimum Gasteiger partial charge on any atom is -0.310 e. The van der Waals surface area contributed by atoms with Crippen molar-refractivity contribution in [3.8, 4) is 0 Å². The van der Waals surface area contributed by atoms with E-state index in [0.717, 1.165) is 18.4 Å². The number of nitrogens with two attached hydrogens (primary N) is 1. The molecular weight excluding hydrogens is 260 g/mol. The average molecular weight is 284 g/mol. The number of benzene rings is 1. The first-order chi connectivity index (χ1) is 8.97. The van der Waals surface area contributed by atoms with Crippen molar-refractivity contribution >= 4 is 10.0 Å². The van der Waals surface area contributed by atoms with Gasteiger partial charge in [0.25, 0.3) is 0 Å². The van der Waals surface area contributed by atoms with Crippen LogP contribution < -0.4 is 10.5 Å². The molecule has 19 heavy (non-hydrogen) atoms. The monoisotopic (exact) mass is 284 g/mol. The van der Waals surface area contributed by atoms with Crippen LogP contribution in [0, 0.1) is 0 Å². The summed E-state index contributed by atoms with van der Waals surface area (Å²) in [7, 11) is -3.61. The molecule has 0 amide bonds. The van der Waals surface area contributed by atoms with Gasteiger partial charge in [0.15, 0.2) is 0 Å². The summed E-state index contributed by atoms with van der Waals surface area (Å²) in [6.07, 6.45) is 4.64. The lowest BCUT2D eigenvalue weighted by atomic mass is 10.1. The van der Waals surface area contributed by atoms with E-state index in [0.29, 0.717) is 12.6 Å². The summed E-state index contributed by atoms with van der Waals surface area (Å²) in [5.41, 5.74) is 0.946. The third-order valence-corrected chi connectivity index (χ3v) is 4.13. The summed E-state index contributed by atoms with van der Waals surface area (Å²) in [6.45, 7) is 5.02. The Morgan fingerprint density at radius 3 is 2.63 bits per heavy atom. The van der Waals surface area contributed by atoms with E-state index >= 15 is 0 Å². The molecule has 1 aromatic rings. The van der Waals surface area contributed by atoms with E-state index in [2.05, 4.69) is 19.2 Å². The van der Waals surface area contributed by atoms with Gasteiger partial charge in [-0.15, -0.1) is 0 Å². The van der Waals surface area contributed by atoms with E-state index in [9.17, 15) is 8.42 Å². The number of primary sulfonamides is 1. The van der Waals surface area contributed by atoms with Gasteiger partial charge in [-0.05, 0) is 30.5 Å². The maximum absolute atomic E-state index is 11.3. The number of sulfonamides is 1. The predicted octanol–water partition coefficient (Wildman–Crippen LogP) is 2.39. The van der Waals surface area contributed by atoms with Crippen molar-refractivity contribution in [2.45, 2.75) is 57.0 Å². The third kappa shape index (κ3) is 5.72. The van der Waals surface area contributed by atoms with Gasteiger partial charge in [-0.1, -0.05) is 38.8 Å². The van der Waals surface area contributed by atoms with Crippen molar-refractivity contribution in [3.05, 3.63) is 29.8 Å². The van der Waals surface area contributed by atoms with Gasteiger partial charge in [0.05, 0.1) is 4.90 Å². The van der Waals surface area contributed by atoms with Crippen molar-refractivity contribution in [1.82, 2.24) is 5.32 Å². The summed E-state index contributed by atoms with van der Waals surface area (Å²) in [5.74, 6) is 0. The topological polar surface area (TPSA) is 72.2 Å². The van der Waals surface area contributed by atoms with Gasteiger partial charge in [0, 0.05) is 12.6 Å². The largest absolute Gasteiger partial charge is 0.310 e. The standard InChI is InChI=1S/C14H24N2O2S/c1-3-5-8-13(4-2)16-11-12-7-6-9-14(10-12)19(15,17)18/h6-7,9-10,13,16H,3-5,8,11H2,1-2H3,(H2,15,17,18). The highest BCUT2D eigenvalue weighted by Gasteiger charge is 2.09. The maximum atomic E-state index is 11.3. The van der Waals surface area contributed by atoms with Crippen molar-refractivity contribution in [2.24, 2.45) is 5.14 Å². The maximum Gasteiger partial charge on any atom is 0.238 e. The SMILES string of the molecule is CCCCC(CC)NCc1cccc(S(N)(=O)=O)c1. The first-order valence-corrected chi connectivity index (χ1v) is 8.37. The van der Waals surface area contributed by atoms with E-state index < -0.39 is 10.0 Å². The Morgan fingerprint density at radius 2 is 2.05 bits per heavy atom. The fourth-order valence-corrected chi connectivity index (χ4v) is 2.58. The van der Waals surface area contributed by atoms with Crippen LogP contribution in [-0.2, 0) is 16.6 Å². The van der Waals surface area contributed by atoms with Crippen molar-refractivity contribution in [1.29, 1.82) is 0 Å². The lowest BCUT2D eigenvalue weighted by Gasteiger charge is -2.16. The zero-order valence-corrected chi connectivity index (χ0v) is 12.5. The van der Waals surface area contributed by atoms with Crippen LogP contribution in [0.15, 0.2) is 29.2 Å². The molecule has 0 bridgehead atoms. The molecule has 0 saturated heterocycles. The molecule has 1 aromatic carbocycles. The molecule has 0 aromatic heterocycles. The Morgan fingerprint density at radius 1 is 1.32 bits per heavy atom. The number of nitrogens with one attached hydrogen (secondary N) is 1. The van der Waals surface area contributed by atoms with Crippen LogP contribution in [0.5, 0.6) is 0 Å². The molecule has 108 valence electrons. The zero-order chi connectivity index (χ0) is 14.3. The molecule has 0 aliphatic heterocycles. The molecule has 0 spiro atoms.